The van der Waals surface area contributed by atoms with Crippen LogP contribution in [0.3, 0.4) is 0 Å². The van der Waals surface area contributed by atoms with Crippen molar-refractivity contribution in [2.75, 3.05) is 5.32 Å². The molecule has 19 heavy (non-hydrogen) atoms. The van der Waals surface area contributed by atoms with Crippen LogP contribution in [-0.2, 0) is 13.6 Å². The van der Waals surface area contributed by atoms with Gasteiger partial charge in [0.2, 0.25) is 0 Å². The van der Waals surface area contributed by atoms with Crippen LogP contribution < -0.4 is 11.1 Å². The number of carbonyl (C=O) groups excluding carboxylic acids is 1. The Morgan fingerprint density at radius 2 is 2.26 bits per heavy atom. The lowest BCUT2D eigenvalue weighted by Crippen LogP contribution is -2.14. The number of nitrogens with zero attached hydrogens (tertiary/aromatic N) is 2. The summed E-state index contributed by atoms with van der Waals surface area (Å²) in [4.78, 5) is 12.0. The van der Waals surface area contributed by atoms with Gasteiger partial charge in [0, 0.05) is 30.9 Å². The Morgan fingerprint density at radius 1 is 1.53 bits per heavy atom. The number of benzene rings is 1. The summed E-state index contributed by atoms with van der Waals surface area (Å²) in [7, 11) is 1.75. The van der Waals surface area contributed by atoms with Crippen molar-refractivity contribution < 1.29 is 9.18 Å². The van der Waals surface area contributed by atoms with Crippen molar-refractivity contribution >= 4 is 11.7 Å². The number of amides is 1. The van der Waals surface area contributed by atoms with Gasteiger partial charge in [0.15, 0.2) is 5.82 Å². The summed E-state index contributed by atoms with van der Waals surface area (Å²) in [6, 6.07) is 4.20. The van der Waals surface area contributed by atoms with Crippen molar-refractivity contribution in [1.82, 2.24) is 9.78 Å². The highest BCUT2D eigenvalue weighted by atomic mass is 19.1. The molecular weight excluding hydrogens is 247 g/mol. The van der Waals surface area contributed by atoms with Crippen LogP contribution in [0.5, 0.6) is 0 Å². The third kappa shape index (κ3) is 2.79. The third-order valence-corrected chi connectivity index (χ3v) is 2.78. The Hall–Kier alpha value is -2.21. The van der Waals surface area contributed by atoms with Gasteiger partial charge in [-0.1, -0.05) is 0 Å². The minimum absolute atomic E-state index is 0.284. The molecule has 3 N–H and O–H groups in total. The molecule has 0 unspecified atom stereocenters. The Labute approximate surface area is 110 Å². The second kappa shape index (κ2) is 5.19. The average Bonchev–Trinajstić information content (AvgIpc) is 2.72. The van der Waals surface area contributed by atoms with Crippen molar-refractivity contribution in [3.05, 3.63) is 46.9 Å². The summed E-state index contributed by atoms with van der Waals surface area (Å²) in [5.41, 5.74) is 7.12. The first-order valence-corrected chi connectivity index (χ1v) is 5.81. The van der Waals surface area contributed by atoms with E-state index in [4.69, 9.17) is 5.73 Å². The lowest BCUT2D eigenvalue weighted by Gasteiger charge is -2.05. The maximum atomic E-state index is 13.1. The molecule has 0 radical (unpaired) electrons. The molecule has 1 amide bonds. The third-order valence-electron chi connectivity index (χ3n) is 2.78. The van der Waals surface area contributed by atoms with E-state index in [1.54, 1.807) is 24.9 Å². The molecule has 0 atom stereocenters. The number of rotatable bonds is 3. The molecule has 5 nitrogen and oxygen atoms in total. The average molecular weight is 262 g/mol. The zero-order valence-corrected chi connectivity index (χ0v) is 10.8. The van der Waals surface area contributed by atoms with E-state index in [2.05, 4.69) is 10.4 Å². The molecule has 2 rings (SSSR count). The molecule has 0 aliphatic heterocycles. The second-order valence-electron chi connectivity index (χ2n) is 4.30. The van der Waals surface area contributed by atoms with Crippen LogP contribution in [0.25, 0.3) is 0 Å². The van der Waals surface area contributed by atoms with Gasteiger partial charge >= 0.3 is 0 Å². The van der Waals surface area contributed by atoms with Gasteiger partial charge in [-0.3, -0.25) is 9.48 Å². The quantitative estimate of drug-likeness (QED) is 0.882. The predicted octanol–water partition coefficient (Wildman–Crippen LogP) is 1.58. The van der Waals surface area contributed by atoms with Crippen molar-refractivity contribution in [1.29, 1.82) is 0 Å². The molecule has 0 aliphatic carbocycles. The van der Waals surface area contributed by atoms with Gasteiger partial charge in [0.05, 0.1) is 0 Å². The van der Waals surface area contributed by atoms with Crippen LogP contribution in [-0.4, -0.2) is 15.7 Å². The van der Waals surface area contributed by atoms with Crippen LogP contribution in [0.2, 0.25) is 0 Å². The fraction of sp³-hybridized carbons (Fsp3) is 0.231. The standard InChI is InChI=1S/C13H15FN4O/c1-8-5-9(3-4-11(8)14)13(19)16-12-10(6-15)7-18(2)17-12/h3-5,7H,6,15H2,1-2H3,(H,16,17,19). The highest BCUT2D eigenvalue weighted by molar-refractivity contribution is 6.04. The molecule has 1 aromatic heterocycles. The molecule has 0 aliphatic rings. The number of halogens is 1. The number of hydrogen-bond acceptors (Lipinski definition) is 3. The van der Waals surface area contributed by atoms with Crippen molar-refractivity contribution in [3.8, 4) is 0 Å². The lowest BCUT2D eigenvalue weighted by atomic mass is 10.1. The minimum Gasteiger partial charge on any atom is -0.326 e. The molecular formula is C13H15FN4O. The van der Waals surface area contributed by atoms with Gasteiger partial charge in [0.25, 0.3) is 5.91 Å². The van der Waals surface area contributed by atoms with Crippen LogP contribution in [0, 0.1) is 12.7 Å². The summed E-state index contributed by atoms with van der Waals surface area (Å²) < 4.78 is 14.7. The van der Waals surface area contributed by atoms with E-state index in [0.29, 0.717) is 16.9 Å². The summed E-state index contributed by atoms with van der Waals surface area (Å²) in [6.45, 7) is 1.89. The van der Waals surface area contributed by atoms with E-state index in [9.17, 15) is 9.18 Å². The Balaban J connectivity index is 2.22. The molecule has 0 saturated heterocycles. The van der Waals surface area contributed by atoms with E-state index in [0.717, 1.165) is 5.56 Å². The van der Waals surface area contributed by atoms with E-state index < -0.39 is 0 Å². The summed E-state index contributed by atoms with van der Waals surface area (Å²) in [6.07, 6.45) is 1.74. The summed E-state index contributed by atoms with van der Waals surface area (Å²) in [5, 5.41) is 6.79. The number of nitrogens with two attached hydrogens (primary N) is 1. The van der Waals surface area contributed by atoms with Crippen LogP contribution in [0.1, 0.15) is 21.5 Å². The number of nitrogens with one attached hydrogen (secondary N) is 1. The minimum atomic E-state index is -0.337. The molecule has 0 spiro atoms. The fourth-order valence-electron chi connectivity index (χ4n) is 1.76. The largest absolute Gasteiger partial charge is 0.326 e. The van der Waals surface area contributed by atoms with Gasteiger partial charge in [-0.25, -0.2) is 4.39 Å². The second-order valence-corrected chi connectivity index (χ2v) is 4.30. The maximum absolute atomic E-state index is 13.1. The molecule has 1 aromatic carbocycles. The van der Waals surface area contributed by atoms with Crippen molar-refractivity contribution in [3.63, 3.8) is 0 Å². The van der Waals surface area contributed by atoms with Gasteiger partial charge < -0.3 is 11.1 Å². The monoisotopic (exact) mass is 262 g/mol. The van der Waals surface area contributed by atoms with Crippen LogP contribution in [0.15, 0.2) is 24.4 Å². The van der Waals surface area contributed by atoms with E-state index in [-0.39, 0.29) is 18.3 Å². The zero-order chi connectivity index (χ0) is 14.0. The number of hydrogen-bond donors (Lipinski definition) is 2. The Bertz CT molecular complexity index is 621. The molecule has 0 bridgehead atoms. The predicted molar refractivity (Wildman–Crippen MR) is 70.2 cm³/mol. The van der Waals surface area contributed by atoms with E-state index in [1.165, 1.54) is 18.2 Å². The zero-order valence-electron chi connectivity index (χ0n) is 10.8. The van der Waals surface area contributed by atoms with Gasteiger partial charge in [-0.2, -0.15) is 5.10 Å². The van der Waals surface area contributed by atoms with Gasteiger partial charge in [-0.05, 0) is 30.7 Å². The SMILES string of the molecule is Cc1cc(C(=O)Nc2nn(C)cc2CN)ccc1F. The maximum Gasteiger partial charge on any atom is 0.256 e. The molecule has 0 saturated carbocycles. The van der Waals surface area contributed by atoms with Gasteiger partial charge in [-0.15, -0.1) is 0 Å². The molecule has 1 heterocycles. The first-order valence-electron chi connectivity index (χ1n) is 5.81. The molecule has 0 fully saturated rings. The first kappa shape index (κ1) is 13.2. The normalized spacial score (nSPS) is 10.5. The Kier molecular flexibility index (Phi) is 3.62. The fourth-order valence-corrected chi connectivity index (χ4v) is 1.76. The number of carbonyl (C=O) groups is 1. The van der Waals surface area contributed by atoms with Gasteiger partial charge in [0.1, 0.15) is 5.82 Å². The van der Waals surface area contributed by atoms with E-state index in [1.807, 2.05) is 0 Å². The van der Waals surface area contributed by atoms with Crippen LogP contribution >= 0.6 is 0 Å². The number of anilines is 1. The lowest BCUT2D eigenvalue weighted by molar-refractivity contribution is 0.102. The smallest absolute Gasteiger partial charge is 0.256 e. The summed E-state index contributed by atoms with van der Waals surface area (Å²) in [5.74, 6) is -0.245. The number of aromatic nitrogens is 2. The number of aryl methyl sites for hydroxylation is 2. The topological polar surface area (TPSA) is 72.9 Å². The van der Waals surface area contributed by atoms with E-state index >= 15 is 0 Å². The highest BCUT2D eigenvalue weighted by Gasteiger charge is 2.12. The molecule has 100 valence electrons. The van der Waals surface area contributed by atoms with Crippen molar-refractivity contribution in [2.24, 2.45) is 12.8 Å². The summed E-state index contributed by atoms with van der Waals surface area (Å²) >= 11 is 0. The first-order chi connectivity index (χ1) is 9.01. The molecule has 2 aromatic rings. The molecule has 6 heteroatoms. The highest BCUT2D eigenvalue weighted by Crippen LogP contribution is 2.15. The van der Waals surface area contributed by atoms with Crippen LogP contribution in [0.4, 0.5) is 10.2 Å². The van der Waals surface area contributed by atoms with Crippen molar-refractivity contribution in [2.45, 2.75) is 13.5 Å². The Morgan fingerprint density at radius 3 is 2.89 bits per heavy atom.